The lowest BCUT2D eigenvalue weighted by molar-refractivity contribution is -0.150. The Balaban J connectivity index is 1.55. The fourth-order valence-electron chi connectivity index (χ4n) is 3.57. The molecule has 11 heteroatoms. The van der Waals surface area contributed by atoms with E-state index in [0.717, 1.165) is 23.3 Å². The minimum absolute atomic E-state index is 0.00105. The van der Waals surface area contributed by atoms with Crippen molar-refractivity contribution in [1.82, 2.24) is 28.9 Å². The average molecular weight is 455 g/mol. The van der Waals surface area contributed by atoms with Crippen molar-refractivity contribution in [2.45, 2.75) is 32.9 Å². The minimum atomic E-state index is -0.775. The van der Waals surface area contributed by atoms with Gasteiger partial charge in [0.15, 0.2) is 5.69 Å². The third-order valence-corrected chi connectivity index (χ3v) is 5.63. The molecule has 1 aromatic carbocycles. The third-order valence-electron chi connectivity index (χ3n) is 5.07. The van der Waals surface area contributed by atoms with Gasteiger partial charge < -0.3 is 15.0 Å². The first-order valence-electron chi connectivity index (χ1n) is 10.2. The Hall–Kier alpha value is -3.47. The number of nitrogens with one attached hydrogen (secondary N) is 1. The summed E-state index contributed by atoms with van der Waals surface area (Å²) in [6.07, 6.45) is 1.57. The fourth-order valence-corrected chi connectivity index (χ4v) is 4.07. The van der Waals surface area contributed by atoms with Gasteiger partial charge in [0.05, 0.1) is 41.5 Å². The second kappa shape index (κ2) is 8.95. The summed E-state index contributed by atoms with van der Waals surface area (Å²) in [6, 6.07) is 2.78. The molecule has 3 aromatic rings. The summed E-state index contributed by atoms with van der Waals surface area (Å²) >= 11 is 1.11. The molecule has 2 amide bonds. The zero-order valence-electron chi connectivity index (χ0n) is 17.7. The highest BCUT2D eigenvalue weighted by molar-refractivity contribution is 7.00. The van der Waals surface area contributed by atoms with Gasteiger partial charge in [-0.05, 0) is 30.5 Å². The van der Waals surface area contributed by atoms with Gasteiger partial charge in [-0.3, -0.25) is 9.59 Å². The summed E-state index contributed by atoms with van der Waals surface area (Å²) in [5, 5.41) is 2.55. The summed E-state index contributed by atoms with van der Waals surface area (Å²) in [7, 11) is 0. The van der Waals surface area contributed by atoms with Gasteiger partial charge in [-0.25, -0.2) is 14.8 Å². The molecule has 166 valence electrons. The molecule has 2 aromatic heterocycles. The maximum Gasteiger partial charge on any atom is 0.328 e. The highest BCUT2D eigenvalue weighted by Gasteiger charge is 2.39. The molecule has 10 nitrogen and oxygen atoms in total. The van der Waals surface area contributed by atoms with Crippen LogP contribution in [0, 0.1) is 5.92 Å². The molecule has 1 atom stereocenters. The molecule has 0 fully saturated rings. The van der Waals surface area contributed by atoms with E-state index in [1.54, 1.807) is 12.1 Å². The van der Waals surface area contributed by atoms with Crippen LogP contribution in [0.1, 0.15) is 36.5 Å². The summed E-state index contributed by atoms with van der Waals surface area (Å²) in [5.41, 5.74) is 3.36. The van der Waals surface area contributed by atoms with Gasteiger partial charge in [0.2, 0.25) is 5.91 Å². The standard InChI is InChI=1S/C21H22N6O4S/c1-4-18(28)22-5-6-31-21(30)17(7-11(2)3)27-10-16-19(20(27)29)24-13-9-15-14(25-32-26-15)8-12(13)23-16/h4,8-9,11,17H,1,5-7,10H2,2-3H3,(H,22,28). The van der Waals surface area contributed by atoms with Gasteiger partial charge in [-0.1, -0.05) is 20.4 Å². The Labute approximate surface area is 188 Å². The summed E-state index contributed by atoms with van der Waals surface area (Å²) < 4.78 is 13.8. The summed E-state index contributed by atoms with van der Waals surface area (Å²) in [6.45, 7) is 7.63. The van der Waals surface area contributed by atoms with Crippen LogP contribution in [-0.2, 0) is 20.9 Å². The first kappa shape index (κ1) is 21.8. The predicted molar refractivity (Wildman–Crippen MR) is 118 cm³/mol. The van der Waals surface area contributed by atoms with Gasteiger partial charge in [0.25, 0.3) is 5.91 Å². The smallest absolute Gasteiger partial charge is 0.328 e. The number of ether oxygens (including phenoxy) is 1. The number of esters is 1. The van der Waals surface area contributed by atoms with E-state index in [1.807, 2.05) is 13.8 Å². The number of fused-ring (bicyclic) bond motifs is 3. The first-order valence-corrected chi connectivity index (χ1v) is 10.9. The van der Waals surface area contributed by atoms with Crippen LogP contribution in [0.25, 0.3) is 22.1 Å². The van der Waals surface area contributed by atoms with Crippen LogP contribution >= 0.6 is 11.7 Å². The van der Waals surface area contributed by atoms with Crippen molar-refractivity contribution in [2.75, 3.05) is 13.2 Å². The van der Waals surface area contributed by atoms with E-state index in [4.69, 9.17) is 4.74 Å². The number of hydrogen-bond donors (Lipinski definition) is 1. The Morgan fingerprint density at radius 3 is 2.56 bits per heavy atom. The summed E-state index contributed by atoms with van der Waals surface area (Å²) in [4.78, 5) is 47.8. The first-order chi connectivity index (χ1) is 15.4. The number of benzene rings is 1. The fraction of sp³-hybridized carbons (Fsp3) is 0.381. The van der Waals surface area contributed by atoms with Gasteiger partial charge in [0, 0.05) is 0 Å². The number of aromatic nitrogens is 4. The van der Waals surface area contributed by atoms with E-state index in [1.165, 1.54) is 4.90 Å². The van der Waals surface area contributed by atoms with Crippen LogP contribution in [0.15, 0.2) is 24.8 Å². The van der Waals surface area contributed by atoms with Crippen LogP contribution in [0.3, 0.4) is 0 Å². The maximum atomic E-state index is 13.2. The van der Waals surface area contributed by atoms with Crippen LogP contribution < -0.4 is 5.32 Å². The van der Waals surface area contributed by atoms with E-state index in [2.05, 4.69) is 30.6 Å². The number of carbonyl (C=O) groups is 3. The van der Waals surface area contributed by atoms with E-state index in [9.17, 15) is 14.4 Å². The molecule has 32 heavy (non-hydrogen) atoms. The zero-order chi connectivity index (χ0) is 22.8. The largest absolute Gasteiger partial charge is 0.462 e. The van der Waals surface area contributed by atoms with Crippen molar-refractivity contribution in [1.29, 1.82) is 0 Å². The SMILES string of the molecule is C=CC(=O)NCCOC(=O)C(CC(C)C)N1Cc2nc3cc4nsnc4cc3nc2C1=O. The van der Waals surface area contributed by atoms with Crippen LogP contribution in [0.2, 0.25) is 0 Å². The van der Waals surface area contributed by atoms with Crippen LogP contribution in [0.4, 0.5) is 0 Å². The van der Waals surface area contributed by atoms with E-state index in [0.29, 0.717) is 28.7 Å². The molecule has 0 spiro atoms. The van der Waals surface area contributed by atoms with Crippen LogP contribution in [-0.4, -0.2) is 60.6 Å². The number of hydrogen-bond acceptors (Lipinski definition) is 9. The van der Waals surface area contributed by atoms with Gasteiger partial charge >= 0.3 is 5.97 Å². The Morgan fingerprint density at radius 1 is 1.22 bits per heavy atom. The normalized spacial score (nSPS) is 14.1. The lowest BCUT2D eigenvalue weighted by Gasteiger charge is -2.27. The second-order valence-corrected chi connectivity index (χ2v) is 8.38. The molecule has 3 heterocycles. The number of rotatable bonds is 8. The molecule has 1 unspecified atom stereocenters. The van der Waals surface area contributed by atoms with Crippen molar-refractivity contribution < 1.29 is 19.1 Å². The molecule has 0 saturated carbocycles. The second-order valence-electron chi connectivity index (χ2n) is 7.85. The highest BCUT2D eigenvalue weighted by atomic mass is 32.1. The molecule has 0 radical (unpaired) electrons. The molecule has 1 N–H and O–H groups in total. The van der Waals surface area contributed by atoms with E-state index >= 15 is 0 Å². The monoisotopic (exact) mass is 454 g/mol. The third kappa shape index (κ3) is 4.28. The predicted octanol–water partition coefficient (Wildman–Crippen LogP) is 1.85. The maximum absolute atomic E-state index is 13.2. The topological polar surface area (TPSA) is 127 Å². The average Bonchev–Trinajstić information content (AvgIpc) is 3.35. The molecule has 0 saturated heterocycles. The van der Waals surface area contributed by atoms with Gasteiger partial charge in [-0.2, -0.15) is 8.75 Å². The number of amides is 2. The Kier molecular flexibility index (Phi) is 6.08. The summed E-state index contributed by atoms with van der Waals surface area (Å²) in [5.74, 6) is -1.08. The van der Waals surface area contributed by atoms with Crippen molar-refractivity contribution >= 4 is 51.6 Å². The van der Waals surface area contributed by atoms with Crippen molar-refractivity contribution in [2.24, 2.45) is 5.92 Å². The molecular formula is C21H22N6O4S. The van der Waals surface area contributed by atoms with E-state index in [-0.39, 0.29) is 43.1 Å². The quantitative estimate of drug-likeness (QED) is 0.310. The molecule has 4 rings (SSSR count). The van der Waals surface area contributed by atoms with Gasteiger partial charge in [-0.15, -0.1) is 0 Å². The van der Waals surface area contributed by atoms with E-state index < -0.39 is 12.0 Å². The minimum Gasteiger partial charge on any atom is -0.462 e. The van der Waals surface area contributed by atoms with Crippen LogP contribution in [0.5, 0.6) is 0 Å². The lowest BCUT2D eigenvalue weighted by Crippen LogP contribution is -2.44. The molecule has 1 aliphatic rings. The highest BCUT2D eigenvalue weighted by Crippen LogP contribution is 2.28. The molecule has 1 aliphatic heterocycles. The molecule has 0 bridgehead atoms. The van der Waals surface area contributed by atoms with Gasteiger partial charge in [0.1, 0.15) is 23.7 Å². The van der Waals surface area contributed by atoms with Crippen molar-refractivity contribution in [3.05, 3.63) is 36.2 Å². The molecule has 0 aliphatic carbocycles. The zero-order valence-corrected chi connectivity index (χ0v) is 18.5. The number of nitrogens with zero attached hydrogens (tertiary/aromatic N) is 5. The lowest BCUT2D eigenvalue weighted by atomic mass is 10.0. The Bertz CT molecular complexity index is 1220. The van der Waals surface area contributed by atoms with Crippen molar-refractivity contribution in [3.63, 3.8) is 0 Å². The number of carbonyl (C=O) groups excluding carboxylic acids is 3. The van der Waals surface area contributed by atoms with Crippen molar-refractivity contribution in [3.8, 4) is 0 Å². The Morgan fingerprint density at radius 2 is 1.91 bits per heavy atom. The molecular weight excluding hydrogens is 432 g/mol.